The second-order valence-electron chi connectivity index (χ2n) is 4.90. The SMILES string of the molecule is CC(=O)SC(C)(C)CCOC1(C)CC1. The van der Waals surface area contributed by atoms with Gasteiger partial charge in [0.25, 0.3) is 0 Å². The molecule has 1 aliphatic carbocycles. The molecule has 1 aliphatic rings. The minimum atomic E-state index is 0.0110. The first-order chi connectivity index (χ1) is 6.33. The van der Waals surface area contributed by atoms with E-state index in [2.05, 4.69) is 20.8 Å². The molecule has 14 heavy (non-hydrogen) atoms. The number of hydrogen-bond acceptors (Lipinski definition) is 3. The van der Waals surface area contributed by atoms with Crippen molar-refractivity contribution in [1.29, 1.82) is 0 Å². The molecule has 0 unspecified atom stereocenters. The standard InChI is InChI=1S/C11H20O2S/c1-9(12)14-10(2,3)7-8-13-11(4)5-6-11/h5-8H2,1-4H3. The number of rotatable bonds is 5. The van der Waals surface area contributed by atoms with Crippen LogP contribution in [0.1, 0.15) is 47.0 Å². The molecule has 3 heteroatoms. The summed E-state index contributed by atoms with van der Waals surface area (Å²) >= 11 is 1.41. The summed E-state index contributed by atoms with van der Waals surface area (Å²) in [5.74, 6) is 0. The van der Waals surface area contributed by atoms with Crippen molar-refractivity contribution in [1.82, 2.24) is 0 Å². The van der Waals surface area contributed by atoms with Crippen LogP contribution in [0.2, 0.25) is 0 Å². The van der Waals surface area contributed by atoms with Crippen LogP contribution in [0.3, 0.4) is 0 Å². The Morgan fingerprint density at radius 2 is 2.07 bits per heavy atom. The van der Waals surface area contributed by atoms with Gasteiger partial charge in [0.05, 0.1) is 5.60 Å². The van der Waals surface area contributed by atoms with Crippen LogP contribution >= 0.6 is 11.8 Å². The molecule has 2 nitrogen and oxygen atoms in total. The lowest BCUT2D eigenvalue weighted by Crippen LogP contribution is -2.21. The van der Waals surface area contributed by atoms with Crippen LogP contribution in [0.4, 0.5) is 0 Å². The summed E-state index contributed by atoms with van der Waals surface area (Å²) in [5.41, 5.74) is 0.164. The van der Waals surface area contributed by atoms with E-state index in [1.165, 1.54) is 24.6 Å². The maximum Gasteiger partial charge on any atom is 0.186 e. The molecule has 0 amide bonds. The molecule has 1 fully saturated rings. The molecule has 0 aliphatic heterocycles. The molecular weight excluding hydrogens is 196 g/mol. The fourth-order valence-electron chi connectivity index (χ4n) is 1.30. The Labute approximate surface area is 90.8 Å². The summed E-state index contributed by atoms with van der Waals surface area (Å²) in [4.78, 5) is 11.0. The van der Waals surface area contributed by atoms with E-state index in [-0.39, 0.29) is 15.5 Å². The number of ether oxygens (including phenoxy) is 1. The van der Waals surface area contributed by atoms with Crippen molar-refractivity contribution in [3.05, 3.63) is 0 Å². The summed E-state index contributed by atoms with van der Waals surface area (Å²) in [7, 11) is 0. The van der Waals surface area contributed by atoms with E-state index in [4.69, 9.17) is 4.74 Å². The van der Waals surface area contributed by atoms with Gasteiger partial charge in [0.15, 0.2) is 5.12 Å². The molecular formula is C11H20O2S. The van der Waals surface area contributed by atoms with E-state index in [9.17, 15) is 4.79 Å². The Hall–Kier alpha value is -0.0200. The zero-order valence-electron chi connectivity index (χ0n) is 9.55. The van der Waals surface area contributed by atoms with Gasteiger partial charge in [-0.3, -0.25) is 4.79 Å². The van der Waals surface area contributed by atoms with Gasteiger partial charge in [0.1, 0.15) is 0 Å². The molecule has 0 atom stereocenters. The Bertz CT molecular complexity index is 219. The van der Waals surface area contributed by atoms with Crippen LogP contribution in [0.5, 0.6) is 0 Å². The van der Waals surface area contributed by atoms with E-state index in [1.807, 2.05) is 0 Å². The highest BCUT2D eigenvalue weighted by atomic mass is 32.2. The average Bonchev–Trinajstić information content (AvgIpc) is 2.64. The van der Waals surface area contributed by atoms with Crippen molar-refractivity contribution in [3.63, 3.8) is 0 Å². The molecule has 0 heterocycles. The lowest BCUT2D eigenvalue weighted by Gasteiger charge is -2.23. The Balaban J connectivity index is 2.18. The smallest absolute Gasteiger partial charge is 0.186 e. The van der Waals surface area contributed by atoms with Gasteiger partial charge in [0.2, 0.25) is 0 Å². The van der Waals surface area contributed by atoms with Crippen molar-refractivity contribution in [2.24, 2.45) is 0 Å². The van der Waals surface area contributed by atoms with Crippen LogP contribution in [0, 0.1) is 0 Å². The van der Waals surface area contributed by atoms with Crippen LogP contribution in [-0.2, 0) is 9.53 Å². The maximum absolute atomic E-state index is 11.0. The second kappa shape index (κ2) is 4.23. The average molecular weight is 216 g/mol. The molecule has 1 rings (SSSR count). The highest BCUT2D eigenvalue weighted by Gasteiger charge is 2.38. The van der Waals surface area contributed by atoms with E-state index in [0.717, 1.165) is 13.0 Å². The Morgan fingerprint density at radius 1 is 1.50 bits per heavy atom. The molecule has 0 N–H and O–H groups in total. The minimum absolute atomic E-state index is 0.0110. The van der Waals surface area contributed by atoms with E-state index < -0.39 is 0 Å². The van der Waals surface area contributed by atoms with Gasteiger partial charge < -0.3 is 4.74 Å². The summed E-state index contributed by atoms with van der Waals surface area (Å²) in [5, 5.41) is 0.188. The minimum Gasteiger partial charge on any atom is -0.375 e. The summed E-state index contributed by atoms with van der Waals surface area (Å²) in [6.45, 7) is 8.73. The van der Waals surface area contributed by atoms with Gasteiger partial charge in [0, 0.05) is 18.3 Å². The first-order valence-electron chi connectivity index (χ1n) is 5.17. The van der Waals surface area contributed by atoms with Crippen molar-refractivity contribution < 1.29 is 9.53 Å². The van der Waals surface area contributed by atoms with Crippen molar-refractivity contribution in [2.75, 3.05) is 6.61 Å². The lowest BCUT2D eigenvalue weighted by atomic mass is 10.1. The van der Waals surface area contributed by atoms with Gasteiger partial charge in [-0.15, -0.1) is 0 Å². The number of hydrogen-bond donors (Lipinski definition) is 0. The molecule has 0 aromatic rings. The van der Waals surface area contributed by atoms with Gasteiger partial charge >= 0.3 is 0 Å². The van der Waals surface area contributed by atoms with Crippen LogP contribution in [-0.4, -0.2) is 22.1 Å². The van der Waals surface area contributed by atoms with Gasteiger partial charge in [-0.05, 0) is 26.2 Å². The lowest BCUT2D eigenvalue weighted by molar-refractivity contribution is -0.109. The third kappa shape index (κ3) is 4.47. The number of carbonyl (C=O) groups is 1. The third-order valence-corrected chi connectivity index (χ3v) is 3.57. The Kier molecular flexibility index (Phi) is 3.64. The first-order valence-corrected chi connectivity index (χ1v) is 5.98. The van der Waals surface area contributed by atoms with Gasteiger partial charge in [-0.1, -0.05) is 25.6 Å². The predicted molar refractivity (Wildman–Crippen MR) is 60.6 cm³/mol. The molecule has 0 aromatic heterocycles. The third-order valence-electron chi connectivity index (χ3n) is 2.53. The van der Waals surface area contributed by atoms with Crippen molar-refractivity contribution in [2.45, 2.75) is 57.3 Å². The van der Waals surface area contributed by atoms with Crippen molar-refractivity contribution in [3.8, 4) is 0 Å². The largest absolute Gasteiger partial charge is 0.375 e. The highest BCUT2D eigenvalue weighted by Crippen LogP contribution is 2.39. The van der Waals surface area contributed by atoms with Crippen LogP contribution < -0.4 is 0 Å². The zero-order valence-corrected chi connectivity index (χ0v) is 10.4. The topological polar surface area (TPSA) is 26.3 Å². The van der Waals surface area contributed by atoms with E-state index >= 15 is 0 Å². The molecule has 0 radical (unpaired) electrons. The van der Waals surface area contributed by atoms with Crippen molar-refractivity contribution >= 4 is 16.9 Å². The number of thioether (sulfide) groups is 1. The molecule has 82 valence electrons. The molecule has 0 aromatic carbocycles. The van der Waals surface area contributed by atoms with Gasteiger partial charge in [-0.2, -0.15) is 0 Å². The summed E-state index contributed by atoms with van der Waals surface area (Å²) in [6, 6.07) is 0. The predicted octanol–water partition coefficient (Wildman–Crippen LogP) is 3.00. The summed E-state index contributed by atoms with van der Waals surface area (Å²) in [6.07, 6.45) is 3.31. The van der Waals surface area contributed by atoms with E-state index in [1.54, 1.807) is 6.92 Å². The van der Waals surface area contributed by atoms with Gasteiger partial charge in [-0.25, -0.2) is 0 Å². The highest BCUT2D eigenvalue weighted by molar-refractivity contribution is 8.14. The first kappa shape index (κ1) is 12.1. The monoisotopic (exact) mass is 216 g/mol. The Morgan fingerprint density at radius 3 is 2.50 bits per heavy atom. The number of carbonyl (C=O) groups excluding carboxylic acids is 1. The molecule has 0 bridgehead atoms. The van der Waals surface area contributed by atoms with Crippen LogP contribution in [0.15, 0.2) is 0 Å². The maximum atomic E-state index is 11.0. The van der Waals surface area contributed by atoms with E-state index in [0.29, 0.717) is 0 Å². The molecule has 1 saturated carbocycles. The normalized spacial score (nSPS) is 19.4. The fraction of sp³-hybridized carbons (Fsp3) is 0.909. The molecule has 0 saturated heterocycles. The quantitative estimate of drug-likeness (QED) is 0.706. The van der Waals surface area contributed by atoms with Crippen LogP contribution in [0.25, 0.3) is 0 Å². The summed E-state index contributed by atoms with van der Waals surface area (Å²) < 4.78 is 5.74. The second-order valence-corrected chi connectivity index (χ2v) is 6.79. The fourth-order valence-corrected chi connectivity index (χ4v) is 2.27. The molecule has 0 spiro atoms. The zero-order chi connectivity index (χ0) is 10.8.